The second kappa shape index (κ2) is 7.02. The number of hydrogen-bond donors (Lipinski definition) is 2. The molecule has 140 valence electrons. The predicted molar refractivity (Wildman–Crippen MR) is 97.1 cm³/mol. The number of nitrogens with one attached hydrogen (secondary N) is 1. The van der Waals surface area contributed by atoms with Gasteiger partial charge in [0.15, 0.2) is 11.6 Å². The molecular formula is C19H21N5O3. The van der Waals surface area contributed by atoms with Gasteiger partial charge in [0, 0.05) is 24.7 Å². The minimum Gasteiger partial charge on any atom is -0.365 e. The third-order valence-corrected chi connectivity index (χ3v) is 5.17. The van der Waals surface area contributed by atoms with Crippen molar-refractivity contribution in [2.24, 2.45) is 11.7 Å². The Hall–Kier alpha value is -2.89. The zero-order valence-electron chi connectivity index (χ0n) is 14.8. The lowest BCUT2D eigenvalue weighted by Gasteiger charge is -2.38. The van der Waals surface area contributed by atoms with Gasteiger partial charge in [-0.2, -0.15) is 10.4 Å². The molecule has 1 unspecified atom stereocenters. The number of carbonyl (C=O) groups excluding carboxylic acids is 1. The first-order chi connectivity index (χ1) is 13.1. The van der Waals surface area contributed by atoms with Gasteiger partial charge in [0.25, 0.3) is 5.91 Å². The highest BCUT2D eigenvalue weighted by Gasteiger charge is 2.46. The fraction of sp³-hybridized carbons (Fsp3) is 0.421. The number of nitrogens with zero attached hydrogens (tertiary/aromatic N) is 3. The van der Waals surface area contributed by atoms with Crippen LogP contribution in [0.5, 0.6) is 0 Å². The van der Waals surface area contributed by atoms with E-state index in [1.165, 1.54) is 0 Å². The Bertz CT molecular complexity index is 867. The molecule has 2 aromatic rings. The van der Waals surface area contributed by atoms with Crippen LogP contribution in [0.25, 0.3) is 0 Å². The number of anilines is 2. The van der Waals surface area contributed by atoms with Crippen molar-refractivity contribution in [2.75, 3.05) is 18.5 Å². The Morgan fingerprint density at radius 2 is 2.07 bits per heavy atom. The maximum Gasteiger partial charge on any atom is 0.254 e. The van der Waals surface area contributed by atoms with E-state index in [9.17, 15) is 10.1 Å². The van der Waals surface area contributed by atoms with Gasteiger partial charge in [-0.3, -0.25) is 9.48 Å². The van der Waals surface area contributed by atoms with Crippen molar-refractivity contribution in [2.45, 2.75) is 31.1 Å². The smallest absolute Gasteiger partial charge is 0.254 e. The van der Waals surface area contributed by atoms with Crippen LogP contribution >= 0.6 is 0 Å². The van der Waals surface area contributed by atoms with Crippen LogP contribution in [-0.2, 0) is 9.47 Å². The SMILES string of the molecule is N#C[C@H]1CCC2(CC1n1cc(C(N)=O)c(Nc3ccccc3)n1)OCCO2. The van der Waals surface area contributed by atoms with Gasteiger partial charge in [-0.25, -0.2) is 0 Å². The van der Waals surface area contributed by atoms with E-state index in [4.69, 9.17) is 15.2 Å². The number of nitriles is 1. The zero-order valence-corrected chi connectivity index (χ0v) is 14.8. The molecule has 2 atom stereocenters. The Morgan fingerprint density at radius 1 is 1.33 bits per heavy atom. The lowest BCUT2D eigenvalue weighted by atomic mass is 9.81. The van der Waals surface area contributed by atoms with E-state index in [-0.39, 0.29) is 17.5 Å². The number of benzene rings is 1. The molecule has 1 saturated heterocycles. The zero-order chi connectivity index (χ0) is 18.9. The monoisotopic (exact) mass is 367 g/mol. The maximum atomic E-state index is 11.9. The average Bonchev–Trinajstić information content (AvgIpc) is 3.30. The first kappa shape index (κ1) is 17.5. The van der Waals surface area contributed by atoms with E-state index in [0.717, 1.165) is 5.69 Å². The number of ether oxygens (including phenoxy) is 2. The van der Waals surface area contributed by atoms with E-state index in [2.05, 4.69) is 16.5 Å². The molecule has 1 amide bonds. The van der Waals surface area contributed by atoms with Crippen LogP contribution in [-0.4, -0.2) is 34.7 Å². The predicted octanol–water partition coefficient (Wildman–Crippen LogP) is 2.33. The number of para-hydroxylation sites is 1. The van der Waals surface area contributed by atoms with Gasteiger partial charge in [0.2, 0.25) is 0 Å². The summed E-state index contributed by atoms with van der Waals surface area (Å²) in [4.78, 5) is 11.9. The molecule has 1 aromatic carbocycles. The summed E-state index contributed by atoms with van der Waals surface area (Å²) in [6.07, 6.45) is 3.45. The van der Waals surface area contributed by atoms with Crippen LogP contribution in [0.15, 0.2) is 36.5 Å². The van der Waals surface area contributed by atoms with Crippen LogP contribution in [0, 0.1) is 17.2 Å². The van der Waals surface area contributed by atoms with Gasteiger partial charge in [-0.1, -0.05) is 18.2 Å². The third-order valence-electron chi connectivity index (χ3n) is 5.17. The topological polar surface area (TPSA) is 115 Å². The van der Waals surface area contributed by atoms with Gasteiger partial charge in [-0.15, -0.1) is 0 Å². The van der Waals surface area contributed by atoms with Crippen LogP contribution < -0.4 is 11.1 Å². The fourth-order valence-corrected chi connectivity index (χ4v) is 3.81. The lowest BCUT2D eigenvalue weighted by molar-refractivity contribution is -0.190. The Labute approximate surface area is 156 Å². The van der Waals surface area contributed by atoms with E-state index in [0.29, 0.717) is 38.3 Å². The molecular weight excluding hydrogens is 346 g/mol. The quantitative estimate of drug-likeness (QED) is 0.857. The molecule has 2 aliphatic rings. The standard InChI is InChI=1S/C19H21N5O3/c20-11-13-6-7-19(26-8-9-27-19)10-16(13)24-12-15(17(21)25)18(23-24)22-14-4-2-1-3-5-14/h1-5,12-13,16H,6-10H2,(H2,21,25)(H,22,23)/t13-,16?/m1/s1. The highest BCUT2D eigenvalue weighted by atomic mass is 16.7. The summed E-state index contributed by atoms with van der Waals surface area (Å²) in [7, 11) is 0. The van der Waals surface area contributed by atoms with Gasteiger partial charge in [-0.05, 0) is 18.6 Å². The number of aromatic nitrogens is 2. The summed E-state index contributed by atoms with van der Waals surface area (Å²) in [5.41, 5.74) is 6.62. The number of hydrogen-bond acceptors (Lipinski definition) is 6. The van der Waals surface area contributed by atoms with Crippen molar-refractivity contribution in [3.8, 4) is 6.07 Å². The maximum absolute atomic E-state index is 11.9. The molecule has 3 N–H and O–H groups in total. The summed E-state index contributed by atoms with van der Waals surface area (Å²) in [5, 5.41) is 17.3. The van der Waals surface area contributed by atoms with Crippen LogP contribution in [0.2, 0.25) is 0 Å². The number of carbonyl (C=O) groups is 1. The Kier molecular flexibility index (Phi) is 4.56. The third kappa shape index (κ3) is 3.39. The van der Waals surface area contributed by atoms with E-state index in [1.807, 2.05) is 30.3 Å². The molecule has 2 fully saturated rings. The van der Waals surface area contributed by atoms with E-state index in [1.54, 1.807) is 10.9 Å². The number of amides is 1. The van der Waals surface area contributed by atoms with Crippen molar-refractivity contribution in [3.63, 3.8) is 0 Å². The molecule has 2 heterocycles. The Morgan fingerprint density at radius 3 is 2.74 bits per heavy atom. The highest BCUT2D eigenvalue weighted by Crippen LogP contribution is 2.44. The normalized spacial score (nSPS) is 23.8. The Balaban J connectivity index is 1.66. The summed E-state index contributed by atoms with van der Waals surface area (Å²) >= 11 is 0. The fourth-order valence-electron chi connectivity index (χ4n) is 3.81. The summed E-state index contributed by atoms with van der Waals surface area (Å²) in [5.74, 6) is -1.11. The minimum absolute atomic E-state index is 0.242. The average molecular weight is 367 g/mol. The van der Waals surface area contributed by atoms with Crippen molar-refractivity contribution in [3.05, 3.63) is 42.1 Å². The van der Waals surface area contributed by atoms with Crippen LogP contribution in [0.4, 0.5) is 11.5 Å². The van der Waals surface area contributed by atoms with Crippen LogP contribution in [0.1, 0.15) is 35.7 Å². The summed E-state index contributed by atoms with van der Waals surface area (Å²) < 4.78 is 13.3. The van der Waals surface area contributed by atoms with Crippen molar-refractivity contribution in [1.82, 2.24) is 9.78 Å². The van der Waals surface area contributed by atoms with Crippen molar-refractivity contribution >= 4 is 17.4 Å². The molecule has 27 heavy (non-hydrogen) atoms. The minimum atomic E-state index is -0.663. The molecule has 1 aliphatic heterocycles. The molecule has 4 rings (SSSR count). The van der Waals surface area contributed by atoms with Gasteiger partial charge in [0.1, 0.15) is 5.56 Å². The molecule has 1 spiro atoms. The first-order valence-corrected chi connectivity index (χ1v) is 8.99. The van der Waals surface area contributed by atoms with Gasteiger partial charge < -0.3 is 20.5 Å². The first-order valence-electron chi connectivity index (χ1n) is 8.99. The highest BCUT2D eigenvalue weighted by molar-refractivity contribution is 5.98. The van der Waals surface area contributed by atoms with Gasteiger partial charge in [0.05, 0.1) is 31.2 Å². The number of rotatable bonds is 4. The van der Waals surface area contributed by atoms with Crippen molar-refractivity contribution < 1.29 is 14.3 Å². The van der Waals surface area contributed by atoms with Gasteiger partial charge >= 0.3 is 0 Å². The lowest BCUT2D eigenvalue weighted by Crippen LogP contribution is -2.41. The number of primary amides is 1. The molecule has 1 aromatic heterocycles. The summed E-state index contributed by atoms with van der Waals surface area (Å²) in [6.45, 7) is 1.10. The molecule has 1 saturated carbocycles. The largest absolute Gasteiger partial charge is 0.365 e. The molecule has 1 aliphatic carbocycles. The molecule has 8 heteroatoms. The molecule has 0 bridgehead atoms. The second-order valence-electron chi connectivity index (χ2n) is 6.88. The van der Waals surface area contributed by atoms with Crippen LogP contribution in [0.3, 0.4) is 0 Å². The summed E-state index contributed by atoms with van der Waals surface area (Å²) in [6, 6.07) is 11.5. The van der Waals surface area contributed by atoms with Crippen molar-refractivity contribution in [1.29, 1.82) is 5.26 Å². The molecule has 8 nitrogen and oxygen atoms in total. The van der Waals surface area contributed by atoms with E-state index < -0.39 is 11.7 Å². The molecule has 0 radical (unpaired) electrons. The second-order valence-corrected chi connectivity index (χ2v) is 6.88. The van der Waals surface area contributed by atoms with E-state index >= 15 is 0 Å². The number of nitrogens with two attached hydrogens (primary N) is 1.